The molecule has 0 atom stereocenters. The number of allylic oxidation sites excluding steroid dienone is 1. The Morgan fingerprint density at radius 1 is 0.276 bits per heavy atom. The second-order valence-corrected chi connectivity index (χ2v) is 23.0. The van der Waals surface area contributed by atoms with E-state index in [0.29, 0.717) is 0 Å². The number of para-hydroxylation sites is 2. The minimum Gasteiger partial charge on any atom is -0.310 e. The van der Waals surface area contributed by atoms with E-state index in [2.05, 4.69) is 335 Å². The number of hydrogen-bond acceptors (Lipinski definition) is 2. The molecular formula is C85H78N2. The van der Waals surface area contributed by atoms with Gasteiger partial charge in [-0.3, -0.25) is 0 Å². The molecule has 0 saturated carbocycles. The summed E-state index contributed by atoms with van der Waals surface area (Å²) in [6.45, 7) is 22.8. The minimum absolute atomic E-state index is 0.158. The van der Waals surface area contributed by atoms with E-state index in [9.17, 15) is 0 Å². The summed E-state index contributed by atoms with van der Waals surface area (Å²) >= 11 is 0. The standard InChI is InChI=1S/C78H60N2.C3H6.2C2H6/c1-77(2)73-47-55(25-23-53-27-37-65(38-28-53)79(63-19-7-5-8-20-63)67-41-33-57-15-11-13-17-59(57)49-67)31-43-69(73)71-45-35-61(51-75(71)77)62-36-46-72-70-44-32-56(48-74(70)78(3,4)76(72)52-62)26-24-54-29-39-66(40-30-54)80(64-21-9-6-10-22-64)68-42-34-58-16-12-14-18-60(58)50-68;1-3-2;2*1-2/h5-52H,1-4H3;3H,1H2,2H3;2*1-2H3/b25-23+,26-24+;;;. The number of fused-ring (bicyclic) bond motifs is 8. The van der Waals surface area contributed by atoms with Gasteiger partial charge in [0.05, 0.1) is 0 Å². The monoisotopic (exact) mass is 1130 g/mol. The fraction of sp³-hybridized carbons (Fsp3) is 0.129. The van der Waals surface area contributed by atoms with Gasteiger partial charge in [0.25, 0.3) is 0 Å². The third-order valence-corrected chi connectivity index (χ3v) is 17.0. The first-order chi connectivity index (χ1) is 42.5. The van der Waals surface area contributed by atoms with E-state index >= 15 is 0 Å². The zero-order valence-electron chi connectivity index (χ0n) is 51.9. The summed E-state index contributed by atoms with van der Waals surface area (Å²) in [4.78, 5) is 4.66. The Hall–Kier alpha value is -10.0. The predicted octanol–water partition coefficient (Wildman–Crippen LogP) is 24.8. The van der Waals surface area contributed by atoms with E-state index in [0.717, 1.165) is 45.3 Å². The topological polar surface area (TPSA) is 6.48 Å². The van der Waals surface area contributed by atoms with Crippen molar-refractivity contribution in [2.45, 2.75) is 73.1 Å². The quantitative estimate of drug-likeness (QED) is 0.0941. The van der Waals surface area contributed by atoms with Gasteiger partial charge in [0.2, 0.25) is 0 Å². The molecule has 2 aliphatic rings. The molecule has 0 aromatic heterocycles. The second kappa shape index (κ2) is 25.7. The molecule has 0 radical (unpaired) electrons. The van der Waals surface area contributed by atoms with Crippen LogP contribution in [-0.2, 0) is 10.8 Å². The SMILES string of the molecule is C=CC.CC.CC.CC1(C)c2cc(/C=C/c3ccc(N(c4ccccc4)c4ccc5ccccc5c4)cc3)ccc2-c2ccc(-c3ccc4c(c3)C(C)(C)c3cc(/C=C/c5ccc(N(c6ccccc6)c6ccc7ccccc7c6)cc5)ccc3-4)cc21. The molecule has 428 valence electrons. The summed E-state index contributed by atoms with van der Waals surface area (Å²) in [5, 5.41) is 4.93. The molecule has 0 N–H and O–H groups in total. The lowest BCUT2D eigenvalue weighted by Crippen LogP contribution is -2.15. The Morgan fingerprint density at radius 3 is 0.920 bits per heavy atom. The lowest BCUT2D eigenvalue weighted by molar-refractivity contribution is 0.659. The van der Waals surface area contributed by atoms with Crippen LogP contribution in [0.2, 0.25) is 0 Å². The van der Waals surface area contributed by atoms with Crippen LogP contribution in [0.25, 0.3) is 79.2 Å². The van der Waals surface area contributed by atoms with Crippen molar-refractivity contribution in [3.63, 3.8) is 0 Å². The summed E-state index contributed by atoms with van der Waals surface area (Å²) in [6.07, 6.45) is 10.7. The molecule has 0 bridgehead atoms. The summed E-state index contributed by atoms with van der Waals surface area (Å²) in [7, 11) is 0. The fourth-order valence-corrected chi connectivity index (χ4v) is 12.6. The normalized spacial score (nSPS) is 12.8. The molecule has 87 heavy (non-hydrogen) atoms. The van der Waals surface area contributed by atoms with Crippen molar-refractivity contribution >= 4 is 80.0 Å². The predicted molar refractivity (Wildman–Crippen MR) is 381 cm³/mol. The van der Waals surface area contributed by atoms with Gasteiger partial charge in [-0.05, 0) is 191 Å². The van der Waals surface area contributed by atoms with Crippen molar-refractivity contribution in [1.29, 1.82) is 0 Å². The van der Waals surface area contributed by atoms with Gasteiger partial charge in [0.1, 0.15) is 0 Å². The van der Waals surface area contributed by atoms with Crippen molar-refractivity contribution in [2.24, 2.45) is 0 Å². The van der Waals surface area contributed by atoms with Gasteiger partial charge < -0.3 is 9.80 Å². The maximum Gasteiger partial charge on any atom is 0.0468 e. The maximum absolute atomic E-state index is 3.36. The largest absolute Gasteiger partial charge is 0.310 e. The van der Waals surface area contributed by atoms with Gasteiger partial charge in [0.15, 0.2) is 0 Å². The average Bonchev–Trinajstić information content (AvgIpc) is 1.66. The van der Waals surface area contributed by atoms with Crippen molar-refractivity contribution in [2.75, 3.05) is 9.80 Å². The Balaban J connectivity index is 0.00000108. The Kier molecular flexibility index (Phi) is 17.3. The number of nitrogens with zero attached hydrogens (tertiary/aromatic N) is 2. The first kappa shape index (κ1) is 58.7. The van der Waals surface area contributed by atoms with Crippen LogP contribution in [0.1, 0.15) is 107 Å². The summed E-state index contributed by atoms with van der Waals surface area (Å²) < 4.78 is 0. The van der Waals surface area contributed by atoms with Crippen molar-refractivity contribution < 1.29 is 0 Å². The van der Waals surface area contributed by atoms with Gasteiger partial charge in [-0.25, -0.2) is 0 Å². The van der Waals surface area contributed by atoms with E-state index < -0.39 is 0 Å². The molecule has 0 aliphatic heterocycles. The molecule has 14 rings (SSSR count). The second-order valence-electron chi connectivity index (χ2n) is 23.0. The Bertz CT molecular complexity index is 4160. The zero-order chi connectivity index (χ0) is 60.7. The number of rotatable bonds is 11. The van der Waals surface area contributed by atoms with Crippen LogP contribution in [0.15, 0.2) is 280 Å². The third-order valence-electron chi connectivity index (χ3n) is 17.0. The molecule has 12 aromatic rings. The molecular weight excluding hydrogens is 1050 g/mol. The van der Waals surface area contributed by atoms with Gasteiger partial charge >= 0.3 is 0 Å². The van der Waals surface area contributed by atoms with Crippen LogP contribution >= 0.6 is 0 Å². The zero-order valence-corrected chi connectivity index (χ0v) is 51.9. The lowest BCUT2D eigenvalue weighted by atomic mass is 9.80. The molecule has 12 aromatic carbocycles. The highest BCUT2D eigenvalue weighted by Crippen LogP contribution is 2.53. The Labute approximate surface area is 517 Å². The smallest absolute Gasteiger partial charge is 0.0468 e. The van der Waals surface area contributed by atoms with Crippen LogP contribution in [-0.4, -0.2) is 0 Å². The molecule has 0 amide bonds. The van der Waals surface area contributed by atoms with Crippen molar-refractivity contribution in [3.05, 3.63) is 324 Å². The first-order valence-corrected chi connectivity index (χ1v) is 30.9. The first-order valence-electron chi connectivity index (χ1n) is 30.9. The van der Waals surface area contributed by atoms with Gasteiger partial charge in [0, 0.05) is 45.0 Å². The molecule has 2 nitrogen and oxygen atoms in total. The number of benzene rings is 12. The highest BCUT2D eigenvalue weighted by molar-refractivity contribution is 5.92. The Morgan fingerprint density at radius 2 is 0.552 bits per heavy atom. The van der Waals surface area contributed by atoms with E-state index in [1.165, 1.54) is 88.3 Å². The van der Waals surface area contributed by atoms with Crippen LogP contribution in [0, 0.1) is 0 Å². The molecule has 2 heteroatoms. The van der Waals surface area contributed by atoms with E-state index in [1.54, 1.807) is 6.08 Å². The molecule has 0 fully saturated rings. The summed E-state index contributed by atoms with van der Waals surface area (Å²) in [5.41, 5.74) is 24.5. The van der Waals surface area contributed by atoms with Gasteiger partial charge in [-0.15, -0.1) is 6.58 Å². The maximum atomic E-state index is 3.36. The molecule has 0 unspecified atom stereocenters. The van der Waals surface area contributed by atoms with E-state index in [1.807, 2.05) is 34.6 Å². The van der Waals surface area contributed by atoms with Crippen LogP contribution in [0.5, 0.6) is 0 Å². The lowest BCUT2D eigenvalue weighted by Gasteiger charge is -2.26. The average molecular weight is 1130 g/mol. The molecule has 0 saturated heterocycles. The van der Waals surface area contributed by atoms with Crippen LogP contribution in [0.3, 0.4) is 0 Å². The highest BCUT2D eigenvalue weighted by Gasteiger charge is 2.38. The van der Waals surface area contributed by atoms with Gasteiger partial charge in [-0.2, -0.15) is 0 Å². The molecule has 2 aliphatic carbocycles. The minimum atomic E-state index is -0.158. The number of anilines is 6. The van der Waals surface area contributed by atoms with Crippen molar-refractivity contribution in [1.82, 2.24) is 0 Å². The van der Waals surface area contributed by atoms with Crippen LogP contribution in [0.4, 0.5) is 34.1 Å². The summed E-state index contributed by atoms with van der Waals surface area (Å²) in [5.74, 6) is 0. The van der Waals surface area contributed by atoms with E-state index in [-0.39, 0.29) is 10.8 Å². The van der Waals surface area contributed by atoms with Crippen molar-refractivity contribution in [3.8, 4) is 33.4 Å². The fourth-order valence-electron chi connectivity index (χ4n) is 12.6. The molecule has 0 heterocycles. The van der Waals surface area contributed by atoms with E-state index in [4.69, 9.17) is 0 Å². The summed E-state index contributed by atoms with van der Waals surface area (Å²) in [6, 6.07) is 97.9. The molecule has 0 spiro atoms. The highest BCUT2D eigenvalue weighted by atomic mass is 15.1. The van der Waals surface area contributed by atoms with Gasteiger partial charge in [-0.1, -0.05) is 268 Å². The third kappa shape index (κ3) is 11.8. The van der Waals surface area contributed by atoms with Crippen LogP contribution < -0.4 is 9.80 Å². The number of hydrogen-bond donors (Lipinski definition) is 0.